The molecule has 5 nitrogen and oxygen atoms in total. The Balaban J connectivity index is 1.62. The number of nitrogens with one attached hydrogen (secondary N) is 2. The summed E-state index contributed by atoms with van der Waals surface area (Å²) in [6.07, 6.45) is 6.22. The third-order valence-electron chi connectivity index (χ3n) is 3.12. The van der Waals surface area contributed by atoms with Crippen LogP contribution in [0.4, 0.5) is 0 Å². The molecule has 17 heavy (non-hydrogen) atoms. The number of fused-ring (bicyclic) bond motifs is 1. The number of ether oxygens (including phenoxy) is 1. The molecule has 0 radical (unpaired) electrons. The van der Waals surface area contributed by atoms with Crippen LogP contribution in [0, 0.1) is 0 Å². The Morgan fingerprint density at radius 2 is 2.47 bits per heavy atom. The fourth-order valence-corrected chi connectivity index (χ4v) is 2.22. The van der Waals surface area contributed by atoms with E-state index in [0.717, 1.165) is 30.9 Å². The molecule has 0 aliphatic carbocycles. The van der Waals surface area contributed by atoms with E-state index in [1.54, 1.807) is 12.5 Å². The minimum absolute atomic E-state index is 0.383. The van der Waals surface area contributed by atoms with Crippen LogP contribution in [0.1, 0.15) is 18.4 Å². The molecule has 1 atom stereocenters. The van der Waals surface area contributed by atoms with Crippen molar-refractivity contribution in [3.63, 3.8) is 0 Å². The number of nitrogens with zero attached hydrogens (tertiary/aromatic N) is 2. The van der Waals surface area contributed by atoms with Crippen molar-refractivity contribution in [2.24, 2.45) is 0 Å². The minimum atomic E-state index is 0.383. The van der Waals surface area contributed by atoms with Gasteiger partial charge in [-0.15, -0.1) is 0 Å². The molecular formula is C12H16N4O. The first-order chi connectivity index (χ1) is 8.43. The smallest absolute Gasteiger partial charge is 0.177 e. The molecule has 0 amide bonds. The average molecular weight is 232 g/mol. The van der Waals surface area contributed by atoms with E-state index in [1.807, 2.05) is 6.07 Å². The number of H-pyrrole nitrogens is 1. The number of hydrogen-bond acceptors (Lipinski definition) is 4. The monoisotopic (exact) mass is 232 g/mol. The molecule has 1 fully saturated rings. The lowest BCUT2D eigenvalue weighted by Crippen LogP contribution is -2.25. The van der Waals surface area contributed by atoms with Crippen LogP contribution in [-0.4, -0.2) is 34.2 Å². The second-order valence-corrected chi connectivity index (χ2v) is 4.34. The molecule has 1 saturated heterocycles. The van der Waals surface area contributed by atoms with Gasteiger partial charge in [-0.2, -0.15) is 0 Å². The van der Waals surface area contributed by atoms with Gasteiger partial charge in [0.15, 0.2) is 5.65 Å². The molecule has 0 saturated carbocycles. The van der Waals surface area contributed by atoms with E-state index in [0.29, 0.717) is 6.10 Å². The first-order valence-electron chi connectivity index (χ1n) is 6.03. The van der Waals surface area contributed by atoms with Gasteiger partial charge in [0, 0.05) is 25.9 Å². The Morgan fingerprint density at radius 1 is 1.47 bits per heavy atom. The number of pyridine rings is 1. The lowest BCUT2D eigenvalue weighted by molar-refractivity contribution is 0.110. The summed E-state index contributed by atoms with van der Waals surface area (Å²) in [5.41, 5.74) is 3.00. The van der Waals surface area contributed by atoms with Gasteiger partial charge in [0.25, 0.3) is 0 Å². The van der Waals surface area contributed by atoms with Gasteiger partial charge in [-0.1, -0.05) is 0 Å². The first-order valence-corrected chi connectivity index (χ1v) is 6.03. The number of aromatic amines is 1. The highest BCUT2D eigenvalue weighted by Gasteiger charge is 2.14. The van der Waals surface area contributed by atoms with Crippen LogP contribution in [-0.2, 0) is 11.3 Å². The van der Waals surface area contributed by atoms with Crippen LogP contribution in [0.3, 0.4) is 0 Å². The summed E-state index contributed by atoms with van der Waals surface area (Å²) in [6.45, 7) is 2.64. The zero-order valence-corrected chi connectivity index (χ0v) is 9.65. The maximum absolute atomic E-state index is 5.57. The van der Waals surface area contributed by atoms with Crippen molar-refractivity contribution < 1.29 is 4.74 Å². The predicted molar refractivity (Wildman–Crippen MR) is 64.6 cm³/mol. The molecule has 2 aromatic rings. The van der Waals surface area contributed by atoms with Crippen LogP contribution >= 0.6 is 0 Å². The van der Waals surface area contributed by atoms with Gasteiger partial charge in [-0.3, -0.25) is 0 Å². The summed E-state index contributed by atoms with van der Waals surface area (Å²) >= 11 is 0. The fourth-order valence-electron chi connectivity index (χ4n) is 2.22. The summed E-state index contributed by atoms with van der Waals surface area (Å²) in [5, 5.41) is 3.42. The molecule has 3 heterocycles. The second kappa shape index (κ2) is 4.81. The van der Waals surface area contributed by atoms with Gasteiger partial charge >= 0.3 is 0 Å². The molecule has 1 unspecified atom stereocenters. The predicted octanol–water partition coefficient (Wildman–Crippen LogP) is 1.23. The van der Waals surface area contributed by atoms with E-state index in [1.165, 1.54) is 18.4 Å². The molecule has 2 aromatic heterocycles. The van der Waals surface area contributed by atoms with Gasteiger partial charge in [-0.25, -0.2) is 9.97 Å². The summed E-state index contributed by atoms with van der Waals surface area (Å²) in [7, 11) is 0. The number of hydrogen-bond donors (Lipinski definition) is 2. The summed E-state index contributed by atoms with van der Waals surface area (Å²) in [6, 6.07) is 2.02. The molecule has 0 bridgehead atoms. The van der Waals surface area contributed by atoms with E-state index in [-0.39, 0.29) is 0 Å². The second-order valence-electron chi connectivity index (χ2n) is 4.34. The zero-order valence-electron chi connectivity index (χ0n) is 9.65. The average Bonchev–Trinajstić information content (AvgIpc) is 2.99. The SMILES string of the molecule is c1cc(CNCC2CCCO2)c2[nH]cnc2n1. The topological polar surface area (TPSA) is 62.8 Å². The van der Waals surface area contributed by atoms with Crippen molar-refractivity contribution in [2.45, 2.75) is 25.5 Å². The number of aromatic nitrogens is 3. The van der Waals surface area contributed by atoms with E-state index < -0.39 is 0 Å². The molecule has 3 rings (SSSR count). The van der Waals surface area contributed by atoms with Crippen molar-refractivity contribution >= 4 is 11.2 Å². The number of imidazole rings is 1. The van der Waals surface area contributed by atoms with Gasteiger partial charge in [0.05, 0.1) is 17.9 Å². The van der Waals surface area contributed by atoms with Crippen LogP contribution in [0.5, 0.6) is 0 Å². The molecule has 5 heteroatoms. The molecule has 0 spiro atoms. The molecule has 0 aromatic carbocycles. The van der Waals surface area contributed by atoms with Crippen molar-refractivity contribution in [2.75, 3.05) is 13.2 Å². The van der Waals surface area contributed by atoms with E-state index in [2.05, 4.69) is 20.3 Å². The highest BCUT2D eigenvalue weighted by Crippen LogP contribution is 2.13. The molecule has 1 aliphatic heterocycles. The Bertz CT molecular complexity index is 490. The number of rotatable bonds is 4. The summed E-state index contributed by atoms with van der Waals surface area (Å²) < 4.78 is 5.57. The maximum atomic E-state index is 5.57. The Kier molecular flexibility index (Phi) is 3.02. The van der Waals surface area contributed by atoms with Crippen LogP contribution in [0.25, 0.3) is 11.2 Å². The third kappa shape index (κ3) is 2.30. The van der Waals surface area contributed by atoms with Gasteiger partial charge in [0.2, 0.25) is 0 Å². The molecule has 2 N–H and O–H groups in total. The highest BCUT2D eigenvalue weighted by atomic mass is 16.5. The largest absolute Gasteiger partial charge is 0.377 e. The van der Waals surface area contributed by atoms with E-state index in [4.69, 9.17) is 4.74 Å². The van der Waals surface area contributed by atoms with Crippen molar-refractivity contribution in [3.8, 4) is 0 Å². The van der Waals surface area contributed by atoms with E-state index >= 15 is 0 Å². The van der Waals surface area contributed by atoms with Crippen molar-refractivity contribution in [1.29, 1.82) is 0 Å². The third-order valence-corrected chi connectivity index (χ3v) is 3.12. The highest BCUT2D eigenvalue weighted by molar-refractivity contribution is 5.73. The Hall–Kier alpha value is -1.46. The normalized spacial score (nSPS) is 20.1. The fraction of sp³-hybridized carbons (Fsp3) is 0.500. The van der Waals surface area contributed by atoms with Crippen LogP contribution in [0.2, 0.25) is 0 Å². The van der Waals surface area contributed by atoms with Gasteiger partial charge in [0.1, 0.15) is 0 Å². The Morgan fingerprint density at radius 3 is 3.35 bits per heavy atom. The van der Waals surface area contributed by atoms with Gasteiger partial charge < -0.3 is 15.0 Å². The summed E-state index contributed by atoms with van der Waals surface area (Å²) in [4.78, 5) is 11.5. The molecular weight excluding hydrogens is 216 g/mol. The van der Waals surface area contributed by atoms with Gasteiger partial charge in [-0.05, 0) is 24.5 Å². The zero-order chi connectivity index (χ0) is 11.5. The van der Waals surface area contributed by atoms with Crippen LogP contribution in [0.15, 0.2) is 18.6 Å². The Labute approximate surface area is 99.6 Å². The lowest BCUT2D eigenvalue weighted by Gasteiger charge is -2.10. The first kappa shape index (κ1) is 10.7. The minimum Gasteiger partial charge on any atom is -0.377 e. The molecule has 90 valence electrons. The maximum Gasteiger partial charge on any atom is 0.177 e. The quantitative estimate of drug-likeness (QED) is 0.832. The lowest BCUT2D eigenvalue weighted by atomic mass is 10.2. The summed E-state index contributed by atoms with van der Waals surface area (Å²) in [5.74, 6) is 0. The standard InChI is InChI=1S/C12H16N4O/c1-2-10(17-5-1)7-13-6-9-3-4-14-12-11(9)15-8-16-12/h3-4,8,10,13H,1-2,5-7H2,(H,14,15,16). The van der Waals surface area contributed by atoms with Crippen molar-refractivity contribution in [1.82, 2.24) is 20.3 Å². The van der Waals surface area contributed by atoms with E-state index in [9.17, 15) is 0 Å². The molecule has 1 aliphatic rings. The van der Waals surface area contributed by atoms with Crippen molar-refractivity contribution in [3.05, 3.63) is 24.2 Å². The van der Waals surface area contributed by atoms with Crippen LogP contribution < -0.4 is 5.32 Å².